The van der Waals surface area contributed by atoms with Crippen LogP contribution >= 0.6 is 0 Å². The van der Waals surface area contributed by atoms with Crippen LogP contribution in [0.4, 0.5) is 0 Å². The van der Waals surface area contributed by atoms with E-state index in [0.717, 1.165) is 48.3 Å². The molecule has 2 aromatic rings. The van der Waals surface area contributed by atoms with Crippen molar-refractivity contribution in [2.24, 2.45) is 0 Å². The summed E-state index contributed by atoms with van der Waals surface area (Å²) in [6.45, 7) is 4.59. The summed E-state index contributed by atoms with van der Waals surface area (Å²) < 4.78 is 6.50. The van der Waals surface area contributed by atoms with Crippen LogP contribution in [0.2, 0.25) is 0 Å². The summed E-state index contributed by atoms with van der Waals surface area (Å²) in [5.41, 5.74) is 3.86. The number of hydrogen-bond acceptors (Lipinski definition) is 4. The molecule has 0 aliphatic heterocycles. The van der Waals surface area contributed by atoms with Gasteiger partial charge in [0.05, 0.1) is 24.9 Å². The smallest absolute Gasteiger partial charge is 0.305 e. The Labute approximate surface area is 160 Å². The van der Waals surface area contributed by atoms with Crippen molar-refractivity contribution >= 4 is 11.9 Å². The number of benzene rings is 1. The minimum Gasteiger partial charge on any atom is -0.469 e. The number of ether oxygens (including phenoxy) is 1. The molecule has 1 N–H and O–H groups in total. The predicted octanol–water partition coefficient (Wildman–Crippen LogP) is 3.27. The molecule has 0 atom stereocenters. The second kappa shape index (κ2) is 10.5. The zero-order chi connectivity index (χ0) is 19.6. The fraction of sp³-hybridized carbons (Fsp3) is 0.476. The van der Waals surface area contributed by atoms with Crippen molar-refractivity contribution in [2.75, 3.05) is 13.7 Å². The summed E-state index contributed by atoms with van der Waals surface area (Å²) in [6, 6.07) is 9.93. The van der Waals surface area contributed by atoms with Crippen LogP contribution in [0.3, 0.4) is 0 Å². The van der Waals surface area contributed by atoms with Gasteiger partial charge in [0.2, 0.25) is 5.91 Å². The van der Waals surface area contributed by atoms with Crippen LogP contribution in [0.25, 0.3) is 5.69 Å². The maximum atomic E-state index is 12.3. The first-order valence-corrected chi connectivity index (χ1v) is 9.47. The number of methoxy groups -OCH3 is 1. The van der Waals surface area contributed by atoms with E-state index in [0.29, 0.717) is 19.4 Å². The Morgan fingerprint density at radius 2 is 1.78 bits per heavy atom. The Morgan fingerprint density at radius 3 is 2.48 bits per heavy atom. The van der Waals surface area contributed by atoms with E-state index in [1.165, 1.54) is 7.11 Å². The summed E-state index contributed by atoms with van der Waals surface area (Å²) in [5, 5.41) is 7.56. The van der Waals surface area contributed by atoms with E-state index in [-0.39, 0.29) is 11.9 Å². The average molecular weight is 371 g/mol. The molecule has 27 heavy (non-hydrogen) atoms. The van der Waals surface area contributed by atoms with Gasteiger partial charge in [-0.1, -0.05) is 31.0 Å². The third-order valence-electron chi connectivity index (χ3n) is 4.64. The molecule has 0 saturated carbocycles. The molecular weight excluding hydrogens is 342 g/mol. The van der Waals surface area contributed by atoms with E-state index in [1.54, 1.807) is 0 Å². The molecule has 146 valence electrons. The number of esters is 1. The van der Waals surface area contributed by atoms with Crippen LogP contribution in [0.1, 0.15) is 49.1 Å². The SMILES string of the molecule is COC(=O)CCCCCCNC(=O)Cc1c(C)nn(-c2ccccc2)c1C. The van der Waals surface area contributed by atoms with E-state index in [4.69, 9.17) is 0 Å². The molecule has 0 aliphatic carbocycles. The fourth-order valence-corrected chi connectivity index (χ4v) is 3.05. The van der Waals surface area contributed by atoms with Gasteiger partial charge >= 0.3 is 5.97 Å². The van der Waals surface area contributed by atoms with E-state index in [9.17, 15) is 9.59 Å². The Bertz CT molecular complexity index is 754. The van der Waals surface area contributed by atoms with Gasteiger partial charge in [-0.05, 0) is 38.8 Å². The van der Waals surface area contributed by atoms with Gasteiger partial charge < -0.3 is 10.1 Å². The first-order chi connectivity index (χ1) is 13.0. The quantitative estimate of drug-likeness (QED) is 0.514. The Morgan fingerprint density at radius 1 is 1.07 bits per heavy atom. The third-order valence-corrected chi connectivity index (χ3v) is 4.64. The normalized spacial score (nSPS) is 10.6. The minimum atomic E-state index is -0.162. The number of para-hydroxylation sites is 1. The number of aryl methyl sites for hydroxylation is 1. The highest BCUT2D eigenvalue weighted by Gasteiger charge is 2.15. The van der Waals surface area contributed by atoms with Gasteiger partial charge in [-0.2, -0.15) is 5.10 Å². The van der Waals surface area contributed by atoms with Crippen LogP contribution in [-0.4, -0.2) is 35.3 Å². The summed E-state index contributed by atoms with van der Waals surface area (Å²) in [5.74, 6) is -0.145. The predicted molar refractivity (Wildman–Crippen MR) is 105 cm³/mol. The molecule has 0 spiro atoms. The van der Waals surface area contributed by atoms with E-state index < -0.39 is 0 Å². The Balaban J connectivity index is 1.76. The molecule has 2 rings (SSSR count). The van der Waals surface area contributed by atoms with Gasteiger partial charge in [0, 0.05) is 24.2 Å². The molecule has 0 aliphatic rings. The highest BCUT2D eigenvalue weighted by atomic mass is 16.5. The second-order valence-corrected chi connectivity index (χ2v) is 6.66. The molecule has 0 saturated heterocycles. The van der Waals surface area contributed by atoms with Crippen molar-refractivity contribution < 1.29 is 14.3 Å². The minimum absolute atomic E-state index is 0.0170. The lowest BCUT2D eigenvalue weighted by Gasteiger charge is -2.07. The van der Waals surface area contributed by atoms with Gasteiger partial charge in [0.1, 0.15) is 0 Å². The van der Waals surface area contributed by atoms with Crippen molar-refractivity contribution in [2.45, 2.75) is 52.4 Å². The molecule has 0 bridgehead atoms. The lowest BCUT2D eigenvalue weighted by molar-refractivity contribution is -0.140. The van der Waals surface area contributed by atoms with Crippen molar-refractivity contribution in [1.29, 1.82) is 0 Å². The number of rotatable bonds is 10. The van der Waals surface area contributed by atoms with Crippen LogP contribution < -0.4 is 5.32 Å². The summed E-state index contributed by atoms with van der Waals surface area (Å²) >= 11 is 0. The van der Waals surface area contributed by atoms with Crippen molar-refractivity contribution in [3.8, 4) is 5.69 Å². The number of carbonyl (C=O) groups is 2. The van der Waals surface area contributed by atoms with E-state index in [2.05, 4.69) is 15.2 Å². The van der Waals surface area contributed by atoms with Gasteiger partial charge in [-0.15, -0.1) is 0 Å². The van der Waals surface area contributed by atoms with Crippen molar-refractivity contribution in [1.82, 2.24) is 15.1 Å². The second-order valence-electron chi connectivity index (χ2n) is 6.66. The van der Waals surface area contributed by atoms with Crippen molar-refractivity contribution in [3.05, 3.63) is 47.3 Å². The molecule has 1 amide bonds. The number of nitrogens with one attached hydrogen (secondary N) is 1. The maximum absolute atomic E-state index is 12.3. The van der Waals surface area contributed by atoms with E-state index in [1.807, 2.05) is 48.9 Å². The van der Waals surface area contributed by atoms with E-state index >= 15 is 0 Å². The van der Waals surface area contributed by atoms with Crippen LogP contribution in [-0.2, 0) is 20.7 Å². The summed E-state index contributed by atoms with van der Waals surface area (Å²) in [4.78, 5) is 23.3. The number of nitrogens with zero attached hydrogens (tertiary/aromatic N) is 2. The Kier molecular flexibility index (Phi) is 8.04. The van der Waals surface area contributed by atoms with Crippen LogP contribution in [0.5, 0.6) is 0 Å². The zero-order valence-electron chi connectivity index (χ0n) is 16.5. The van der Waals surface area contributed by atoms with Crippen molar-refractivity contribution in [3.63, 3.8) is 0 Å². The molecule has 1 heterocycles. The molecule has 1 aromatic heterocycles. The van der Waals surface area contributed by atoms with Gasteiger partial charge in [-0.25, -0.2) is 4.68 Å². The van der Waals surface area contributed by atoms with Crippen LogP contribution in [0, 0.1) is 13.8 Å². The monoisotopic (exact) mass is 371 g/mol. The highest BCUT2D eigenvalue weighted by Crippen LogP contribution is 2.18. The summed E-state index contributed by atoms with van der Waals surface area (Å²) in [6.07, 6.45) is 4.50. The van der Waals surface area contributed by atoms with Gasteiger partial charge in [0.15, 0.2) is 0 Å². The number of aromatic nitrogens is 2. The number of unbranched alkanes of at least 4 members (excludes halogenated alkanes) is 3. The van der Waals surface area contributed by atoms with Gasteiger partial charge in [0.25, 0.3) is 0 Å². The molecule has 6 nitrogen and oxygen atoms in total. The summed E-state index contributed by atoms with van der Waals surface area (Å²) in [7, 11) is 1.41. The highest BCUT2D eigenvalue weighted by molar-refractivity contribution is 5.79. The largest absolute Gasteiger partial charge is 0.469 e. The third kappa shape index (κ3) is 6.24. The topological polar surface area (TPSA) is 73.2 Å². The molecule has 0 radical (unpaired) electrons. The molecule has 0 fully saturated rings. The Hall–Kier alpha value is -2.63. The average Bonchev–Trinajstić information content (AvgIpc) is 2.95. The first kappa shape index (κ1) is 20.7. The molecule has 0 unspecified atom stereocenters. The first-order valence-electron chi connectivity index (χ1n) is 9.47. The lowest BCUT2D eigenvalue weighted by atomic mass is 10.1. The molecule has 6 heteroatoms. The zero-order valence-corrected chi connectivity index (χ0v) is 16.5. The fourth-order valence-electron chi connectivity index (χ4n) is 3.05. The number of hydrogen-bond donors (Lipinski definition) is 1. The maximum Gasteiger partial charge on any atom is 0.305 e. The number of amides is 1. The number of carbonyl (C=O) groups excluding carboxylic acids is 2. The molecule has 1 aromatic carbocycles. The van der Waals surface area contributed by atoms with Gasteiger partial charge in [-0.3, -0.25) is 9.59 Å². The van der Waals surface area contributed by atoms with Crippen LogP contribution in [0.15, 0.2) is 30.3 Å². The standard InChI is InChI=1S/C21H29N3O3/c1-16-19(17(2)24(23-16)18-11-7-6-8-12-18)15-20(25)22-14-10-5-4-9-13-21(26)27-3/h6-8,11-12H,4-5,9-10,13-15H2,1-3H3,(H,22,25). The lowest BCUT2D eigenvalue weighted by Crippen LogP contribution is -2.26. The molecular formula is C21H29N3O3.